The normalized spacial score (nSPS) is 14.4. The molecule has 1 fully saturated rings. The van der Waals surface area contributed by atoms with Gasteiger partial charge < -0.3 is 9.30 Å². The van der Waals surface area contributed by atoms with Crippen LogP contribution in [0.4, 0.5) is 0 Å². The molecule has 1 saturated carbocycles. The second kappa shape index (κ2) is 9.40. The fourth-order valence-corrected chi connectivity index (χ4v) is 4.79. The van der Waals surface area contributed by atoms with Crippen LogP contribution in [-0.2, 0) is 17.8 Å². The third kappa shape index (κ3) is 4.55. The molecule has 1 aliphatic rings. The summed E-state index contributed by atoms with van der Waals surface area (Å²) in [6.45, 7) is 10.6. The zero-order valence-corrected chi connectivity index (χ0v) is 21.4. The van der Waals surface area contributed by atoms with Gasteiger partial charge in [0.25, 0.3) is 0 Å². The van der Waals surface area contributed by atoms with Gasteiger partial charge in [-0.3, -0.25) is 9.59 Å². The van der Waals surface area contributed by atoms with Gasteiger partial charge in [0.2, 0.25) is 0 Å². The van der Waals surface area contributed by atoms with Crippen molar-refractivity contribution in [3.8, 4) is 5.75 Å². The number of hydrogen-bond acceptors (Lipinski definition) is 3. The monoisotopic (exact) mass is 459 g/mol. The van der Waals surface area contributed by atoms with E-state index in [1.165, 1.54) is 5.56 Å². The number of carbonyl (C=O) groups is 2. The molecule has 0 spiro atoms. The molecule has 0 atom stereocenters. The van der Waals surface area contributed by atoms with Crippen molar-refractivity contribution in [1.82, 2.24) is 4.57 Å². The van der Waals surface area contributed by atoms with Crippen LogP contribution in [0.15, 0.2) is 42.5 Å². The van der Waals surface area contributed by atoms with Crippen molar-refractivity contribution in [2.75, 3.05) is 7.11 Å². The number of ether oxygens (including phenoxy) is 1. The lowest BCUT2D eigenvalue weighted by atomic mass is 9.77. The largest absolute Gasteiger partial charge is 0.497 e. The molecule has 0 saturated heterocycles. The molecule has 180 valence electrons. The molecule has 1 aliphatic carbocycles. The highest BCUT2D eigenvalue weighted by atomic mass is 16.5. The van der Waals surface area contributed by atoms with Crippen molar-refractivity contribution < 1.29 is 14.3 Å². The second-order valence-electron chi connectivity index (χ2n) is 10.8. The van der Waals surface area contributed by atoms with E-state index in [9.17, 15) is 9.59 Å². The minimum atomic E-state index is -0.559. The summed E-state index contributed by atoms with van der Waals surface area (Å²) in [6.07, 6.45) is 3.57. The van der Waals surface area contributed by atoms with E-state index in [2.05, 4.69) is 42.7 Å². The average Bonchev–Trinajstić information content (AvgIpc) is 3.04. The van der Waals surface area contributed by atoms with Gasteiger partial charge in [-0.2, -0.15) is 0 Å². The van der Waals surface area contributed by atoms with Crippen LogP contribution in [0.3, 0.4) is 0 Å². The maximum Gasteiger partial charge on any atom is 0.168 e. The van der Waals surface area contributed by atoms with E-state index in [1.54, 1.807) is 14.0 Å². The molecule has 0 unspecified atom stereocenters. The van der Waals surface area contributed by atoms with Gasteiger partial charge in [0, 0.05) is 46.5 Å². The summed E-state index contributed by atoms with van der Waals surface area (Å²) in [6, 6.07) is 14.6. The first-order chi connectivity index (χ1) is 16.1. The first-order valence-electron chi connectivity index (χ1n) is 12.5. The van der Waals surface area contributed by atoms with E-state index >= 15 is 0 Å². The maximum absolute atomic E-state index is 13.8. The van der Waals surface area contributed by atoms with Gasteiger partial charge >= 0.3 is 0 Å². The van der Waals surface area contributed by atoms with Crippen molar-refractivity contribution in [3.05, 3.63) is 64.8 Å². The number of benzene rings is 2. The van der Waals surface area contributed by atoms with Crippen LogP contribution in [0.1, 0.15) is 87.0 Å². The molecule has 2 aromatic carbocycles. The van der Waals surface area contributed by atoms with E-state index in [0.29, 0.717) is 18.9 Å². The second-order valence-corrected chi connectivity index (χ2v) is 10.8. The highest BCUT2D eigenvalue weighted by molar-refractivity contribution is 6.11. The molecule has 0 radical (unpaired) electrons. The Hall–Kier alpha value is -2.88. The van der Waals surface area contributed by atoms with Crippen LogP contribution < -0.4 is 4.74 Å². The topological polar surface area (TPSA) is 48.3 Å². The van der Waals surface area contributed by atoms with Crippen LogP contribution in [0.2, 0.25) is 0 Å². The van der Waals surface area contributed by atoms with Crippen molar-refractivity contribution in [3.63, 3.8) is 0 Å². The zero-order valence-electron chi connectivity index (χ0n) is 21.4. The Labute approximate surface area is 203 Å². The first-order valence-corrected chi connectivity index (χ1v) is 12.5. The number of carbonyl (C=O) groups excluding carboxylic acids is 2. The molecule has 4 heteroatoms. The number of rotatable bonds is 9. The first kappa shape index (κ1) is 24.3. The Kier molecular flexibility index (Phi) is 6.71. The Morgan fingerprint density at radius 1 is 1.12 bits per heavy atom. The van der Waals surface area contributed by atoms with Crippen LogP contribution in [-0.4, -0.2) is 23.2 Å². The zero-order chi connectivity index (χ0) is 24.6. The van der Waals surface area contributed by atoms with Gasteiger partial charge in [0.15, 0.2) is 5.78 Å². The van der Waals surface area contributed by atoms with E-state index in [0.717, 1.165) is 52.7 Å². The summed E-state index contributed by atoms with van der Waals surface area (Å²) >= 11 is 0. The molecular formula is C30H37NO3. The number of fused-ring (bicyclic) bond motifs is 1. The predicted molar refractivity (Wildman–Crippen MR) is 138 cm³/mol. The molecule has 0 amide bonds. The lowest BCUT2D eigenvalue weighted by Crippen LogP contribution is -2.28. The Morgan fingerprint density at radius 2 is 1.85 bits per heavy atom. The fourth-order valence-electron chi connectivity index (χ4n) is 4.79. The van der Waals surface area contributed by atoms with Crippen molar-refractivity contribution >= 4 is 22.5 Å². The highest BCUT2D eigenvalue weighted by Crippen LogP contribution is 2.39. The summed E-state index contributed by atoms with van der Waals surface area (Å²) in [5, 5.41) is 1.03. The SMILES string of the molecule is COc1cccc(Cn2c(CC(C)(C)C(C)=O)c(C(=O)C3CCC3)c3cc(C(C)C)ccc32)c1. The van der Waals surface area contributed by atoms with Gasteiger partial charge in [-0.15, -0.1) is 0 Å². The van der Waals surface area contributed by atoms with Gasteiger partial charge in [0.1, 0.15) is 11.5 Å². The number of Topliss-reactive ketones (excluding diaryl/α,β-unsaturated/α-hetero) is 2. The smallest absolute Gasteiger partial charge is 0.168 e. The molecule has 0 bridgehead atoms. The number of nitrogens with zero attached hydrogens (tertiary/aromatic N) is 1. The van der Waals surface area contributed by atoms with E-state index < -0.39 is 5.41 Å². The number of methoxy groups -OCH3 is 1. The van der Waals surface area contributed by atoms with Crippen molar-refractivity contribution in [1.29, 1.82) is 0 Å². The van der Waals surface area contributed by atoms with E-state index in [1.807, 2.05) is 32.0 Å². The summed E-state index contributed by atoms with van der Waals surface area (Å²) in [4.78, 5) is 26.4. The van der Waals surface area contributed by atoms with Gasteiger partial charge in [0.05, 0.1) is 7.11 Å². The standard InChI is InChI=1S/C30H37NO3/c1-19(2)23-13-14-26-25(16-23)28(29(33)22-10-8-11-22)27(17-30(4,5)20(3)32)31(26)18-21-9-7-12-24(15-21)34-6/h7,9,12-16,19,22H,8,10-11,17-18H2,1-6H3. The third-order valence-corrected chi connectivity index (χ3v) is 7.62. The molecule has 0 aliphatic heterocycles. The molecule has 1 aromatic heterocycles. The summed E-state index contributed by atoms with van der Waals surface area (Å²) in [5.41, 5.74) is 4.65. The van der Waals surface area contributed by atoms with E-state index in [-0.39, 0.29) is 17.5 Å². The quantitative estimate of drug-likeness (QED) is 0.325. The summed E-state index contributed by atoms with van der Waals surface area (Å²) in [7, 11) is 1.67. The van der Waals surface area contributed by atoms with Crippen LogP contribution in [0, 0.1) is 11.3 Å². The Balaban J connectivity index is 1.97. The van der Waals surface area contributed by atoms with Crippen LogP contribution in [0.5, 0.6) is 5.75 Å². The van der Waals surface area contributed by atoms with Gasteiger partial charge in [-0.1, -0.05) is 52.3 Å². The molecule has 0 N–H and O–H groups in total. The lowest BCUT2D eigenvalue weighted by Gasteiger charge is -2.27. The molecule has 4 nitrogen and oxygen atoms in total. The fraction of sp³-hybridized carbons (Fsp3) is 0.467. The summed E-state index contributed by atoms with van der Waals surface area (Å²) < 4.78 is 7.72. The lowest BCUT2D eigenvalue weighted by molar-refractivity contribution is -0.124. The number of hydrogen-bond donors (Lipinski definition) is 0. The Morgan fingerprint density at radius 3 is 2.44 bits per heavy atom. The van der Waals surface area contributed by atoms with E-state index in [4.69, 9.17) is 4.74 Å². The number of aromatic nitrogens is 1. The molecule has 1 heterocycles. The molecule has 3 aromatic rings. The maximum atomic E-state index is 13.8. The molecule has 34 heavy (non-hydrogen) atoms. The average molecular weight is 460 g/mol. The van der Waals surface area contributed by atoms with Crippen LogP contribution in [0.25, 0.3) is 10.9 Å². The molecule has 4 rings (SSSR count). The molecular weight excluding hydrogens is 422 g/mol. The summed E-state index contributed by atoms with van der Waals surface area (Å²) in [5.74, 6) is 1.66. The van der Waals surface area contributed by atoms with Gasteiger partial charge in [-0.05, 0) is 61.1 Å². The number of ketones is 2. The minimum Gasteiger partial charge on any atom is -0.497 e. The Bertz CT molecular complexity index is 1230. The predicted octanol–water partition coefficient (Wildman–Crippen LogP) is 6.96. The van der Waals surface area contributed by atoms with Crippen molar-refractivity contribution in [2.45, 2.75) is 72.8 Å². The highest BCUT2D eigenvalue weighted by Gasteiger charge is 2.35. The van der Waals surface area contributed by atoms with Gasteiger partial charge in [-0.25, -0.2) is 0 Å². The van der Waals surface area contributed by atoms with Crippen LogP contribution >= 0.6 is 0 Å². The van der Waals surface area contributed by atoms with Crippen molar-refractivity contribution in [2.24, 2.45) is 11.3 Å². The minimum absolute atomic E-state index is 0.0952. The third-order valence-electron chi connectivity index (χ3n) is 7.62.